The largest absolute Gasteiger partial charge is 0.335 e. The van der Waals surface area contributed by atoms with Crippen molar-refractivity contribution in [2.75, 3.05) is 32.7 Å². The van der Waals surface area contributed by atoms with Gasteiger partial charge in [0.2, 0.25) is 0 Å². The van der Waals surface area contributed by atoms with E-state index < -0.39 is 0 Å². The number of nitrogens with zero attached hydrogens (tertiary/aromatic N) is 3. The van der Waals surface area contributed by atoms with Gasteiger partial charge in [-0.15, -0.1) is 6.58 Å². The van der Waals surface area contributed by atoms with Crippen molar-refractivity contribution in [2.24, 2.45) is 0 Å². The summed E-state index contributed by atoms with van der Waals surface area (Å²) in [6.07, 6.45) is 5.32. The van der Waals surface area contributed by atoms with Crippen LogP contribution in [0.15, 0.2) is 37.2 Å². The molecule has 0 spiro atoms. The van der Waals surface area contributed by atoms with E-state index in [1.54, 1.807) is 6.08 Å². The maximum Gasteiger partial charge on any atom is 0.317 e. The molecule has 0 aliphatic carbocycles. The highest BCUT2D eigenvalue weighted by Gasteiger charge is 2.20. The van der Waals surface area contributed by atoms with Gasteiger partial charge in [0.15, 0.2) is 0 Å². The number of pyridine rings is 1. The molecule has 102 valence electrons. The average molecular weight is 260 g/mol. The Kier molecular flexibility index (Phi) is 4.92. The molecular formula is C14H20N4O. The van der Waals surface area contributed by atoms with Gasteiger partial charge in [0.25, 0.3) is 0 Å². The van der Waals surface area contributed by atoms with Crippen LogP contribution in [0.5, 0.6) is 0 Å². The normalized spacial score (nSPS) is 16.1. The fraction of sp³-hybridized carbons (Fsp3) is 0.429. The quantitative estimate of drug-likeness (QED) is 0.825. The second-order valence-corrected chi connectivity index (χ2v) is 4.59. The number of urea groups is 1. The van der Waals surface area contributed by atoms with Gasteiger partial charge in [0.05, 0.1) is 0 Å². The van der Waals surface area contributed by atoms with Gasteiger partial charge in [-0.25, -0.2) is 4.79 Å². The summed E-state index contributed by atoms with van der Waals surface area (Å²) in [5.41, 5.74) is 1.26. The Bertz CT molecular complexity index is 413. The van der Waals surface area contributed by atoms with Crippen molar-refractivity contribution in [3.05, 3.63) is 42.7 Å². The minimum atomic E-state index is 0.00320. The van der Waals surface area contributed by atoms with Crippen molar-refractivity contribution in [1.82, 2.24) is 20.1 Å². The van der Waals surface area contributed by atoms with E-state index in [-0.39, 0.29) is 6.03 Å². The summed E-state index contributed by atoms with van der Waals surface area (Å²) in [6, 6.07) is 4.07. The molecule has 0 saturated carbocycles. The van der Waals surface area contributed by atoms with Crippen LogP contribution < -0.4 is 5.32 Å². The highest BCUT2D eigenvalue weighted by molar-refractivity contribution is 5.74. The molecular weight excluding hydrogens is 240 g/mol. The van der Waals surface area contributed by atoms with E-state index in [9.17, 15) is 4.79 Å². The number of aromatic nitrogens is 1. The average Bonchev–Trinajstić information content (AvgIpc) is 2.46. The highest BCUT2D eigenvalue weighted by Crippen LogP contribution is 2.07. The summed E-state index contributed by atoms with van der Waals surface area (Å²) in [6.45, 7) is 8.39. The summed E-state index contributed by atoms with van der Waals surface area (Å²) in [7, 11) is 0. The second-order valence-electron chi connectivity index (χ2n) is 4.59. The van der Waals surface area contributed by atoms with Gasteiger partial charge in [0.1, 0.15) is 0 Å². The topological polar surface area (TPSA) is 48.5 Å². The Hall–Kier alpha value is -1.88. The smallest absolute Gasteiger partial charge is 0.317 e. The molecule has 0 atom stereocenters. The molecule has 5 nitrogen and oxygen atoms in total. The molecule has 19 heavy (non-hydrogen) atoms. The Morgan fingerprint density at radius 3 is 2.63 bits per heavy atom. The molecule has 5 heteroatoms. The first-order chi connectivity index (χ1) is 9.29. The molecule has 1 aliphatic heterocycles. The molecule has 0 aromatic carbocycles. The number of hydrogen-bond donors (Lipinski definition) is 1. The standard InChI is InChI=1S/C14H20N4O/c1-2-5-16-14(19)18-10-8-17(9-11-18)12-13-3-6-15-7-4-13/h2-4,6-7H,1,5,8-12H2,(H,16,19). The van der Waals surface area contributed by atoms with Crippen LogP contribution in [-0.2, 0) is 6.54 Å². The maximum atomic E-state index is 11.8. The van der Waals surface area contributed by atoms with Crippen LogP contribution in [0, 0.1) is 0 Å². The van der Waals surface area contributed by atoms with Crippen LogP contribution in [0.2, 0.25) is 0 Å². The molecule has 1 N–H and O–H groups in total. The molecule has 2 heterocycles. The van der Waals surface area contributed by atoms with Gasteiger partial charge in [-0.3, -0.25) is 9.88 Å². The first kappa shape index (κ1) is 13.5. The summed E-state index contributed by atoms with van der Waals surface area (Å²) < 4.78 is 0. The van der Waals surface area contributed by atoms with Crippen molar-refractivity contribution < 1.29 is 4.79 Å². The van der Waals surface area contributed by atoms with Gasteiger partial charge < -0.3 is 10.2 Å². The summed E-state index contributed by atoms with van der Waals surface area (Å²) in [5.74, 6) is 0. The van der Waals surface area contributed by atoms with Crippen molar-refractivity contribution >= 4 is 6.03 Å². The number of rotatable bonds is 4. The van der Waals surface area contributed by atoms with E-state index in [1.807, 2.05) is 29.4 Å². The first-order valence-electron chi connectivity index (χ1n) is 6.54. The predicted octanol–water partition coefficient (Wildman–Crippen LogP) is 1.09. The van der Waals surface area contributed by atoms with E-state index in [1.165, 1.54) is 5.56 Å². The molecule has 0 unspecified atom stereocenters. The summed E-state index contributed by atoms with van der Waals surface area (Å²) in [5, 5.41) is 2.81. The van der Waals surface area contributed by atoms with Crippen LogP contribution in [0.25, 0.3) is 0 Å². The van der Waals surface area contributed by atoms with Crippen LogP contribution >= 0.6 is 0 Å². The maximum absolute atomic E-state index is 11.8. The highest BCUT2D eigenvalue weighted by atomic mass is 16.2. The first-order valence-corrected chi connectivity index (χ1v) is 6.54. The SMILES string of the molecule is C=CCNC(=O)N1CCN(Cc2ccncc2)CC1. The van der Waals surface area contributed by atoms with E-state index in [0.29, 0.717) is 6.54 Å². The van der Waals surface area contributed by atoms with E-state index >= 15 is 0 Å². The fourth-order valence-electron chi connectivity index (χ4n) is 2.13. The lowest BCUT2D eigenvalue weighted by atomic mass is 10.2. The molecule has 2 rings (SSSR count). The van der Waals surface area contributed by atoms with Gasteiger partial charge in [-0.1, -0.05) is 6.08 Å². The number of carbonyl (C=O) groups excluding carboxylic acids is 1. The number of hydrogen-bond acceptors (Lipinski definition) is 3. The molecule has 0 bridgehead atoms. The van der Waals surface area contributed by atoms with Crippen molar-refractivity contribution in [2.45, 2.75) is 6.54 Å². The third-order valence-corrected chi connectivity index (χ3v) is 3.21. The van der Waals surface area contributed by atoms with E-state index in [4.69, 9.17) is 0 Å². The molecule has 1 aromatic heterocycles. The van der Waals surface area contributed by atoms with Crippen LogP contribution in [0.1, 0.15) is 5.56 Å². The zero-order valence-corrected chi connectivity index (χ0v) is 11.1. The Balaban J connectivity index is 1.76. The van der Waals surface area contributed by atoms with Crippen molar-refractivity contribution in [1.29, 1.82) is 0 Å². The zero-order chi connectivity index (χ0) is 13.5. The van der Waals surface area contributed by atoms with Gasteiger partial charge in [0, 0.05) is 51.7 Å². The van der Waals surface area contributed by atoms with Gasteiger partial charge >= 0.3 is 6.03 Å². The van der Waals surface area contributed by atoms with E-state index in [0.717, 1.165) is 32.7 Å². The minimum Gasteiger partial charge on any atom is -0.335 e. The number of amides is 2. The Labute approximate surface area is 113 Å². The number of nitrogens with one attached hydrogen (secondary N) is 1. The Morgan fingerprint density at radius 2 is 2.00 bits per heavy atom. The van der Waals surface area contributed by atoms with Gasteiger partial charge in [-0.2, -0.15) is 0 Å². The molecule has 1 aliphatic rings. The summed E-state index contributed by atoms with van der Waals surface area (Å²) >= 11 is 0. The van der Waals surface area contributed by atoms with Gasteiger partial charge in [-0.05, 0) is 17.7 Å². The Morgan fingerprint density at radius 1 is 1.32 bits per heavy atom. The monoisotopic (exact) mass is 260 g/mol. The zero-order valence-electron chi connectivity index (χ0n) is 11.1. The third-order valence-electron chi connectivity index (χ3n) is 3.21. The lowest BCUT2D eigenvalue weighted by Crippen LogP contribution is -2.51. The lowest BCUT2D eigenvalue weighted by molar-refractivity contribution is 0.136. The number of carbonyl (C=O) groups is 1. The minimum absolute atomic E-state index is 0.00320. The predicted molar refractivity (Wildman–Crippen MR) is 74.7 cm³/mol. The van der Waals surface area contributed by atoms with Crippen LogP contribution in [0.4, 0.5) is 4.79 Å². The van der Waals surface area contributed by atoms with Crippen molar-refractivity contribution in [3.63, 3.8) is 0 Å². The molecule has 1 fully saturated rings. The fourth-order valence-corrected chi connectivity index (χ4v) is 2.13. The third kappa shape index (κ3) is 4.06. The van der Waals surface area contributed by atoms with E-state index in [2.05, 4.69) is 21.8 Å². The number of piperazine rings is 1. The van der Waals surface area contributed by atoms with Crippen LogP contribution in [0.3, 0.4) is 0 Å². The van der Waals surface area contributed by atoms with Crippen molar-refractivity contribution in [3.8, 4) is 0 Å². The molecule has 2 amide bonds. The van der Waals surface area contributed by atoms with Crippen LogP contribution in [-0.4, -0.2) is 53.5 Å². The molecule has 0 radical (unpaired) electrons. The molecule has 1 saturated heterocycles. The molecule has 1 aromatic rings. The second kappa shape index (κ2) is 6.89. The lowest BCUT2D eigenvalue weighted by Gasteiger charge is -2.34. The summed E-state index contributed by atoms with van der Waals surface area (Å²) in [4.78, 5) is 20.0.